The van der Waals surface area contributed by atoms with E-state index in [0.29, 0.717) is 5.41 Å². The molecule has 0 aliphatic rings. The van der Waals surface area contributed by atoms with Crippen molar-refractivity contribution in [3.05, 3.63) is 29.8 Å². The van der Waals surface area contributed by atoms with Crippen molar-refractivity contribution in [3.8, 4) is 0 Å². The molecule has 16 heavy (non-hydrogen) atoms. The third-order valence-electron chi connectivity index (χ3n) is 2.15. The van der Waals surface area contributed by atoms with E-state index in [0.717, 1.165) is 18.8 Å². The van der Waals surface area contributed by atoms with Gasteiger partial charge >= 0.3 is 0 Å². The second-order valence-corrected chi connectivity index (χ2v) is 5.48. The first kappa shape index (κ1) is 15.3. The lowest BCUT2D eigenvalue weighted by molar-refractivity contribution is 0.221. The summed E-state index contributed by atoms with van der Waals surface area (Å²) >= 11 is 0. The number of nitrogens with two attached hydrogens (primary N) is 1. The van der Waals surface area contributed by atoms with Gasteiger partial charge in [-0.3, -0.25) is 0 Å². The van der Waals surface area contributed by atoms with Crippen molar-refractivity contribution in [1.29, 1.82) is 0 Å². The summed E-state index contributed by atoms with van der Waals surface area (Å²) in [6, 6.07) is 8.09. The lowest BCUT2D eigenvalue weighted by Crippen LogP contribution is -2.28. The van der Waals surface area contributed by atoms with E-state index in [2.05, 4.69) is 38.8 Å². The third kappa shape index (κ3) is 5.99. The normalized spacial score (nSPS) is 11.3. The fourth-order valence-electron chi connectivity index (χ4n) is 1.87. The van der Waals surface area contributed by atoms with Crippen molar-refractivity contribution >= 4 is 18.1 Å². The van der Waals surface area contributed by atoms with Crippen LogP contribution in [0.2, 0.25) is 0 Å². The van der Waals surface area contributed by atoms with Gasteiger partial charge in [0.15, 0.2) is 0 Å². The van der Waals surface area contributed by atoms with Crippen LogP contribution in [0.5, 0.6) is 0 Å². The maximum Gasteiger partial charge on any atom is 0.0317 e. The summed E-state index contributed by atoms with van der Waals surface area (Å²) in [6.45, 7) is 8.80. The summed E-state index contributed by atoms with van der Waals surface area (Å²) in [5, 5.41) is 0. The Morgan fingerprint density at radius 1 is 1.25 bits per heavy atom. The Balaban J connectivity index is 0.00000225. The van der Waals surface area contributed by atoms with Gasteiger partial charge in [0.25, 0.3) is 0 Å². The van der Waals surface area contributed by atoms with Crippen molar-refractivity contribution in [3.63, 3.8) is 0 Å². The molecule has 1 aromatic carbocycles. The highest BCUT2D eigenvalue weighted by Crippen LogP contribution is 2.16. The highest BCUT2D eigenvalue weighted by Gasteiger charge is 2.13. The molecule has 0 aliphatic heterocycles. The van der Waals surface area contributed by atoms with E-state index >= 15 is 0 Å². The highest BCUT2D eigenvalue weighted by molar-refractivity contribution is 5.85. The van der Waals surface area contributed by atoms with Crippen LogP contribution in [0.25, 0.3) is 0 Å². The summed E-state index contributed by atoms with van der Waals surface area (Å²) in [5.74, 6) is 0. The molecule has 3 heteroatoms. The van der Waals surface area contributed by atoms with Gasteiger partial charge in [-0.05, 0) is 30.2 Å². The minimum Gasteiger partial charge on any atom is -0.399 e. The van der Waals surface area contributed by atoms with Gasteiger partial charge < -0.3 is 10.6 Å². The van der Waals surface area contributed by atoms with Crippen LogP contribution in [0.4, 0.5) is 5.69 Å². The Morgan fingerprint density at radius 3 is 2.38 bits per heavy atom. The van der Waals surface area contributed by atoms with Crippen LogP contribution in [-0.4, -0.2) is 18.5 Å². The molecule has 1 rings (SSSR count). The van der Waals surface area contributed by atoms with Crippen molar-refractivity contribution in [1.82, 2.24) is 4.90 Å². The van der Waals surface area contributed by atoms with Gasteiger partial charge in [-0.25, -0.2) is 0 Å². The van der Waals surface area contributed by atoms with Crippen molar-refractivity contribution in [2.75, 3.05) is 19.3 Å². The zero-order valence-electron chi connectivity index (χ0n) is 10.7. The van der Waals surface area contributed by atoms with Crippen molar-refractivity contribution in [2.45, 2.75) is 27.3 Å². The Labute approximate surface area is 105 Å². The Morgan fingerprint density at radius 2 is 1.88 bits per heavy atom. The van der Waals surface area contributed by atoms with E-state index in [1.54, 1.807) is 0 Å². The Bertz CT molecular complexity index is 318. The average Bonchev–Trinajstić information content (AvgIpc) is 1.99. The molecule has 0 atom stereocenters. The number of hydrogen-bond acceptors (Lipinski definition) is 2. The maximum atomic E-state index is 5.74. The molecule has 2 nitrogen and oxygen atoms in total. The summed E-state index contributed by atoms with van der Waals surface area (Å²) in [6.07, 6.45) is 0. The summed E-state index contributed by atoms with van der Waals surface area (Å²) in [7, 11) is 2.15. The molecule has 0 radical (unpaired) electrons. The number of nitrogens with zero attached hydrogens (tertiary/aromatic N) is 1. The van der Waals surface area contributed by atoms with Crippen LogP contribution in [0.1, 0.15) is 26.3 Å². The first-order valence-electron chi connectivity index (χ1n) is 5.40. The fourth-order valence-corrected chi connectivity index (χ4v) is 1.87. The summed E-state index contributed by atoms with van der Waals surface area (Å²) in [4.78, 5) is 2.33. The quantitative estimate of drug-likeness (QED) is 0.825. The predicted molar refractivity (Wildman–Crippen MR) is 73.9 cm³/mol. The summed E-state index contributed by atoms with van der Waals surface area (Å²) < 4.78 is 0. The predicted octanol–water partition coefficient (Wildman–Crippen LogP) is 3.17. The zero-order valence-corrected chi connectivity index (χ0v) is 11.5. The molecular weight excluding hydrogens is 220 g/mol. The van der Waals surface area contributed by atoms with Gasteiger partial charge in [0.1, 0.15) is 0 Å². The monoisotopic (exact) mass is 242 g/mol. The molecule has 0 bridgehead atoms. The molecule has 0 aliphatic carbocycles. The first-order chi connectivity index (χ1) is 6.87. The molecule has 0 saturated heterocycles. The minimum absolute atomic E-state index is 0. The van der Waals surface area contributed by atoms with Gasteiger partial charge in [0, 0.05) is 18.8 Å². The van der Waals surface area contributed by atoms with E-state index in [1.165, 1.54) is 5.56 Å². The van der Waals surface area contributed by atoms with Crippen LogP contribution in [-0.2, 0) is 6.54 Å². The van der Waals surface area contributed by atoms with Gasteiger partial charge in [0.05, 0.1) is 0 Å². The number of rotatable bonds is 3. The molecule has 1 aromatic rings. The Kier molecular flexibility index (Phi) is 5.84. The summed E-state index contributed by atoms with van der Waals surface area (Å²) in [5.41, 5.74) is 8.21. The number of anilines is 1. The molecular formula is C13H23ClN2. The molecule has 0 heterocycles. The van der Waals surface area contributed by atoms with Gasteiger partial charge in [0.2, 0.25) is 0 Å². The molecule has 0 spiro atoms. The SMILES string of the molecule is CN(Cc1cccc(N)c1)CC(C)(C)C.Cl. The average molecular weight is 243 g/mol. The molecule has 0 fully saturated rings. The van der Waals surface area contributed by atoms with Crippen LogP contribution in [0, 0.1) is 5.41 Å². The number of halogens is 1. The van der Waals surface area contributed by atoms with Crippen molar-refractivity contribution in [2.24, 2.45) is 5.41 Å². The third-order valence-corrected chi connectivity index (χ3v) is 2.15. The first-order valence-corrected chi connectivity index (χ1v) is 5.40. The fraction of sp³-hybridized carbons (Fsp3) is 0.538. The van der Waals surface area contributed by atoms with Crippen molar-refractivity contribution < 1.29 is 0 Å². The van der Waals surface area contributed by atoms with Gasteiger partial charge in [-0.2, -0.15) is 0 Å². The standard InChI is InChI=1S/C13H22N2.ClH/c1-13(2,3)10-15(4)9-11-6-5-7-12(14)8-11;/h5-8H,9-10,14H2,1-4H3;1H. The number of benzene rings is 1. The maximum absolute atomic E-state index is 5.74. The second-order valence-electron chi connectivity index (χ2n) is 5.48. The van der Waals surface area contributed by atoms with E-state index in [9.17, 15) is 0 Å². The number of nitrogen functional groups attached to an aromatic ring is 1. The largest absolute Gasteiger partial charge is 0.399 e. The Hall–Kier alpha value is -0.730. The van der Waals surface area contributed by atoms with Crippen LogP contribution >= 0.6 is 12.4 Å². The van der Waals surface area contributed by atoms with E-state index in [4.69, 9.17) is 5.73 Å². The molecule has 92 valence electrons. The molecule has 0 saturated carbocycles. The van der Waals surface area contributed by atoms with Crippen LogP contribution in [0.15, 0.2) is 24.3 Å². The molecule has 0 amide bonds. The van der Waals surface area contributed by atoms with Crippen LogP contribution in [0.3, 0.4) is 0 Å². The highest BCUT2D eigenvalue weighted by atomic mass is 35.5. The minimum atomic E-state index is 0. The van der Waals surface area contributed by atoms with E-state index < -0.39 is 0 Å². The molecule has 0 unspecified atom stereocenters. The van der Waals surface area contributed by atoms with Crippen LogP contribution < -0.4 is 5.73 Å². The van der Waals surface area contributed by atoms with Gasteiger partial charge in [-0.1, -0.05) is 32.9 Å². The van der Waals surface area contributed by atoms with E-state index in [1.807, 2.05) is 18.2 Å². The molecule has 0 aromatic heterocycles. The van der Waals surface area contributed by atoms with Gasteiger partial charge in [-0.15, -0.1) is 12.4 Å². The second kappa shape index (κ2) is 6.12. The lowest BCUT2D eigenvalue weighted by atomic mass is 9.96. The lowest BCUT2D eigenvalue weighted by Gasteiger charge is -2.26. The topological polar surface area (TPSA) is 29.3 Å². The smallest absolute Gasteiger partial charge is 0.0317 e. The molecule has 2 N–H and O–H groups in total. The number of hydrogen-bond donors (Lipinski definition) is 1. The zero-order chi connectivity index (χ0) is 11.5. The van der Waals surface area contributed by atoms with E-state index in [-0.39, 0.29) is 12.4 Å².